The molecular weight excluding hydrogens is 202 g/mol. The Morgan fingerprint density at radius 1 is 1.38 bits per heavy atom. The van der Waals surface area contributed by atoms with E-state index >= 15 is 0 Å². The fourth-order valence-electron chi connectivity index (χ4n) is 2.15. The number of hydrogen-bond donors (Lipinski definition) is 2. The van der Waals surface area contributed by atoms with Crippen LogP contribution in [0.3, 0.4) is 0 Å². The minimum Gasteiger partial charge on any atom is -0.493 e. The van der Waals surface area contributed by atoms with Gasteiger partial charge in [-0.15, -0.1) is 0 Å². The molecule has 0 saturated heterocycles. The highest BCUT2D eigenvalue weighted by molar-refractivity contribution is 5.52. The lowest BCUT2D eigenvalue weighted by molar-refractivity contribution is 0.220. The van der Waals surface area contributed by atoms with Gasteiger partial charge in [0.05, 0.1) is 13.2 Å². The van der Waals surface area contributed by atoms with Crippen molar-refractivity contribution in [2.24, 2.45) is 5.41 Å². The zero-order valence-corrected chi connectivity index (χ0v) is 9.33. The van der Waals surface area contributed by atoms with Gasteiger partial charge in [-0.25, -0.2) is 0 Å². The second-order valence-corrected chi connectivity index (χ2v) is 4.93. The molecule has 1 heterocycles. The summed E-state index contributed by atoms with van der Waals surface area (Å²) in [5.74, 6) is 1.02. The van der Waals surface area contributed by atoms with Crippen molar-refractivity contribution < 1.29 is 9.84 Å². The van der Waals surface area contributed by atoms with Crippen molar-refractivity contribution in [2.45, 2.75) is 19.3 Å². The molecule has 0 amide bonds. The van der Waals surface area contributed by atoms with Crippen molar-refractivity contribution in [1.29, 1.82) is 0 Å². The van der Waals surface area contributed by atoms with E-state index in [1.54, 1.807) is 0 Å². The van der Waals surface area contributed by atoms with Gasteiger partial charge in [0.1, 0.15) is 5.75 Å². The second-order valence-electron chi connectivity index (χ2n) is 4.93. The topological polar surface area (TPSA) is 41.5 Å². The van der Waals surface area contributed by atoms with E-state index in [4.69, 9.17) is 4.74 Å². The van der Waals surface area contributed by atoms with Gasteiger partial charge in [-0.1, -0.05) is 0 Å². The zero-order valence-electron chi connectivity index (χ0n) is 9.33. The SMILES string of the molecule is OCC1(CNc2ccc3c(c2)CCO3)CC1. The molecule has 0 aromatic heterocycles. The zero-order chi connectivity index (χ0) is 11.0. The molecule has 1 fully saturated rings. The van der Waals surface area contributed by atoms with Gasteiger partial charge in [-0.2, -0.15) is 0 Å². The van der Waals surface area contributed by atoms with E-state index in [9.17, 15) is 5.11 Å². The van der Waals surface area contributed by atoms with Gasteiger partial charge in [0.25, 0.3) is 0 Å². The third kappa shape index (κ3) is 1.76. The van der Waals surface area contributed by atoms with Crippen molar-refractivity contribution >= 4 is 5.69 Å². The predicted molar refractivity (Wildman–Crippen MR) is 62.9 cm³/mol. The third-order valence-electron chi connectivity index (χ3n) is 3.65. The number of fused-ring (bicyclic) bond motifs is 1. The highest BCUT2D eigenvalue weighted by Gasteiger charge is 2.41. The lowest BCUT2D eigenvalue weighted by atomic mass is 10.1. The van der Waals surface area contributed by atoms with E-state index in [0.717, 1.165) is 43.9 Å². The fraction of sp³-hybridized carbons (Fsp3) is 0.538. The molecule has 3 rings (SSSR count). The van der Waals surface area contributed by atoms with Gasteiger partial charge in [-0.05, 0) is 36.6 Å². The Morgan fingerprint density at radius 2 is 2.25 bits per heavy atom. The summed E-state index contributed by atoms with van der Waals surface area (Å²) in [6, 6.07) is 6.25. The Labute approximate surface area is 95.4 Å². The van der Waals surface area contributed by atoms with Gasteiger partial charge in [0, 0.05) is 24.1 Å². The lowest BCUT2D eigenvalue weighted by Crippen LogP contribution is -2.18. The normalized spacial score (nSPS) is 20.1. The highest BCUT2D eigenvalue weighted by Crippen LogP contribution is 2.45. The minimum atomic E-state index is 0.162. The van der Waals surface area contributed by atoms with E-state index in [1.165, 1.54) is 5.56 Å². The summed E-state index contributed by atoms with van der Waals surface area (Å²) in [5.41, 5.74) is 2.60. The molecule has 16 heavy (non-hydrogen) atoms. The molecule has 2 aliphatic rings. The van der Waals surface area contributed by atoms with Crippen LogP contribution in [0.5, 0.6) is 5.75 Å². The average Bonchev–Trinajstić information content (AvgIpc) is 2.96. The quantitative estimate of drug-likeness (QED) is 0.811. The summed E-state index contributed by atoms with van der Waals surface area (Å²) < 4.78 is 5.46. The largest absolute Gasteiger partial charge is 0.493 e. The highest BCUT2D eigenvalue weighted by atomic mass is 16.5. The van der Waals surface area contributed by atoms with Gasteiger partial charge >= 0.3 is 0 Å². The van der Waals surface area contributed by atoms with Crippen LogP contribution >= 0.6 is 0 Å². The summed E-state index contributed by atoms with van der Waals surface area (Å²) in [5, 5.41) is 12.6. The van der Waals surface area contributed by atoms with Gasteiger partial charge in [-0.3, -0.25) is 0 Å². The molecule has 0 unspecified atom stereocenters. The molecule has 0 spiro atoms. The van der Waals surface area contributed by atoms with Gasteiger partial charge in [0.2, 0.25) is 0 Å². The Balaban J connectivity index is 1.66. The minimum absolute atomic E-state index is 0.162. The van der Waals surface area contributed by atoms with Gasteiger partial charge in [0.15, 0.2) is 0 Å². The Hall–Kier alpha value is -1.22. The maximum Gasteiger partial charge on any atom is 0.122 e. The molecule has 0 bridgehead atoms. The molecule has 3 nitrogen and oxygen atoms in total. The summed E-state index contributed by atoms with van der Waals surface area (Å²) in [6.45, 7) is 1.98. The van der Waals surface area contributed by atoms with Crippen molar-refractivity contribution in [3.63, 3.8) is 0 Å². The van der Waals surface area contributed by atoms with Crippen LogP contribution in [0.2, 0.25) is 0 Å². The van der Waals surface area contributed by atoms with Crippen LogP contribution < -0.4 is 10.1 Å². The van der Waals surface area contributed by atoms with Crippen molar-refractivity contribution in [2.75, 3.05) is 25.1 Å². The van der Waals surface area contributed by atoms with Crippen LogP contribution in [-0.4, -0.2) is 24.9 Å². The van der Waals surface area contributed by atoms with Crippen LogP contribution in [-0.2, 0) is 6.42 Å². The molecule has 1 aliphatic heterocycles. The van der Waals surface area contributed by atoms with Crippen LogP contribution in [0, 0.1) is 5.41 Å². The van der Waals surface area contributed by atoms with Crippen molar-refractivity contribution in [3.05, 3.63) is 23.8 Å². The Morgan fingerprint density at radius 3 is 3.00 bits per heavy atom. The lowest BCUT2D eigenvalue weighted by Gasteiger charge is -2.14. The molecule has 0 radical (unpaired) electrons. The first-order valence-electron chi connectivity index (χ1n) is 5.92. The van der Waals surface area contributed by atoms with Crippen LogP contribution in [0.4, 0.5) is 5.69 Å². The van der Waals surface area contributed by atoms with Crippen molar-refractivity contribution in [1.82, 2.24) is 0 Å². The molecule has 3 heteroatoms. The molecule has 1 aliphatic carbocycles. The molecule has 1 aromatic rings. The number of aliphatic hydroxyl groups excluding tert-OH is 1. The summed E-state index contributed by atoms with van der Waals surface area (Å²) in [4.78, 5) is 0. The van der Waals surface area contributed by atoms with Crippen molar-refractivity contribution in [3.8, 4) is 5.75 Å². The number of anilines is 1. The second kappa shape index (κ2) is 3.67. The van der Waals surface area contributed by atoms with Crippen LogP contribution in [0.25, 0.3) is 0 Å². The summed E-state index contributed by atoms with van der Waals surface area (Å²) in [6.07, 6.45) is 3.30. The van der Waals surface area contributed by atoms with Crippen LogP contribution in [0.15, 0.2) is 18.2 Å². The van der Waals surface area contributed by atoms with E-state index < -0.39 is 0 Å². The van der Waals surface area contributed by atoms with E-state index in [-0.39, 0.29) is 5.41 Å². The Kier molecular flexibility index (Phi) is 2.28. The molecule has 86 valence electrons. The monoisotopic (exact) mass is 219 g/mol. The number of aliphatic hydroxyl groups is 1. The predicted octanol–water partition coefficient (Wildman–Crippen LogP) is 1.81. The van der Waals surface area contributed by atoms with E-state index in [1.807, 2.05) is 6.07 Å². The first kappa shape index (κ1) is 9.97. The van der Waals surface area contributed by atoms with E-state index in [2.05, 4.69) is 17.4 Å². The summed E-state index contributed by atoms with van der Waals surface area (Å²) in [7, 11) is 0. The molecular formula is C13H17NO2. The molecule has 1 aromatic carbocycles. The number of ether oxygens (including phenoxy) is 1. The fourth-order valence-corrected chi connectivity index (χ4v) is 2.15. The average molecular weight is 219 g/mol. The first-order chi connectivity index (χ1) is 7.81. The molecule has 2 N–H and O–H groups in total. The number of benzene rings is 1. The maximum absolute atomic E-state index is 9.23. The first-order valence-corrected chi connectivity index (χ1v) is 5.92. The summed E-state index contributed by atoms with van der Waals surface area (Å²) >= 11 is 0. The van der Waals surface area contributed by atoms with Gasteiger partial charge < -0.3 is 15.2 Å². The Bertz CT molecular complexity index is 399. The van der Waals surface area contributed by atoms with E-state index in [0.29, 0.717) is 6.61 Å². The molecule has 1 saturated carbocycles. The van der Waals surface area contributed by atoms with Crippen LogP contribution in [0.1, 0.15) is 18.4 Å². The maximum atomic E-state index is 9.23. The number of nitrogens with one attached hydrogen (secondary N) is 1. The molecule has 0 atom stereocenters. The number of rotatable bonds is 4. The third-order valence-corrected chi connectivity index (χ3v) is 3.65. The standard InChI is InChI=1S/C13H17NO2/c15-9-13(4-5-13)8-14-11-1-2-12-10(7-11)3-6-16-12/h1-2,7,14-15H,3-6,8-9H2. The smallest absolute Gasteiger partial charge is 0.122 e. The number of hydrogen-bond acceptors (Lipinski definition) is 3.